The molecule has 3 rings (SSSR count). The Bertz CT molecular complexity index is 229. The second-order valence-corrected chi connectivity index (χ2v) is 12.8. The van der Waals surface area contributed by atoms with Crippen molar-refractivity contribution in [3.8, 4) is 0 Å². The maximum atomic E-state index is 4.81. The van der Waals surface area contributed by atoms with Gasteiger partial charge < -0.3 is 0 Å². The standard InChI is InChI=1S/C18H33P.2ClH.Pd/c1-4-10-16(11-5-1)19(17-12-6-2-7-13-17)18-14-8-3-9-15-18;;;/h16-18H,1-15H2;2*1H;/q;;;+2/p-2. The molecule has 0 aromatic rings. The van der Waals surface area contributed by atoms with Gasteiger partial charge in [0.05, 0.1) is 0 Å². The van der Waals surface area contributed by atoms with Gasteiger partial charge in [-0.05, 0) is 55.5 Å². The molecule has 0 saturated heterocycles. The summed E-state index contributed by atoms with van der Waals surface area (Å²) in [5, 5.41) is 0. The van der Waals surface area contributed by atoms with Crippen LogP contribution in [0.25, 0.3) is 0 Å². The Kier molecular flexibility index (Phi) is 11.0. The first-order chi connectivity index (χ1) is 10.9. The monoisotopic (exact) mass is 456 g/mol. The average Bonchev–Trinajstić information content (AvgIpc) is 2.59. The molecule has 0 unspecified atom stereocenters. The number of hydrogen-bond donors (Lipinski definition) is 0. The van der Waals surface area contributed by atoms with Crippen LogP contribution >= 0.6 is 27.0 Å². The zero-order valence-electron chi connectivity index (χ0n) is 13.9. The van der Waals surface area contributed by atoms with Gasteiger partial charge in [0.15, 0.2) is 0 Å². The van der Waals surface area contributed by atoms with Crippen LogP contribution in [-0.2, 0) is 15.9 Å². The van der Waals surface area contributed by atoms with Crippen molar-refractivity contribution in [3.05, 3.63) is 0 Å². The fraction of sp³-hybridized carbons (Fsp3) is 1.00. The first kappa shape index (κ1) is 20.0. The second-order valence-electron chi connectivity index (χ2n) is 7.37. The first-order valence-electron chi connectivity index (χ1n) is 9.46. The van der Waals surface area contributed by atoms with E-state index in [2.05, 4.69) is 0 Å². The predicted molar refractivity (Wildman–Crippen MR) is 99.2 cm³/mol. The van der Waals surface area contributed by atoms with E-state index in [1.165, 1.54) is 36.2 Å². The van der Waals surface area contributed by atoms with Crippen LogP contribution in [0, 0.1) is 0 Å². The predicted octanol–water partition coefficient (Wildman–Crippen LogP) is 7.84. The van der Waals surface area contributed by atoms with Crippen molar-refractivity contribution in [1.82, 2.24) is 0 Å². The molecular formula is C18H33Cl2PPd. The zero-order chi connectivity index (χ0) is 15.6. The maximum absolute atomic E-state index is 4.81. The van der Waals surface area contributed by atoms with Crippen LogP contribution in [0.5, 0.6) is 0 Å². The molecule has 22 heavy (non-hydrogen) atoms. The zero-order valence-corrected chi connectivity index (χ0v) is 17.8. The molecule has 0 N–H and O–H groups in total. The van der Waals surface area contributed by atoms with Gasteiger partial charge in [-0.25, -0.2) is 0 Å². The normalized spacial score (nSPS) is 26.0. The van der Waals surface area contributed by atoms with Crippen LogP contribution < -0.4 is 0 Å². The first-order valence-corrected chi connectivity index (χ1v) is 15.0. The number of hydrogen-bond acceptors (Lipinski definition) is 0. The molecular weight excluding hydrogens is 424 g/mol. The summed E-state index contributed by atoms with van der Waals surface area (Å²) >= 11 is -0.106. The van der Waals surface area contributed by atoms with E-state index >= 15 is 0 Å². The fourth-order valence-corrected chi connectivity index (χ4v) is 9.71. The Morgan fingerprint density at radius 1 is 0.500 bits per heavy atom. The van der Waals surface area contributed by atoms with Crippen LogP contribution in [0.2, 0.25) is 0 Å². The summed E-state index contributed by atoms with van der Waals surface area (Å²) in [4.78, 5) is 0. The van der Waals surface area contributed by atoms with E-state index in [9.17, 15) is 0 Å². The minimum absolute atomic E-state index is 0.106. The molecule has 3 aliphatic carbocycles. The van der Waals surface area contributed by atoms with Crippen LogP contribution in [0.1, 0.15) is 96.3 Å². The summed E-state index contributed by atoms with van der Waals surface area (Å²) in [6, 6.07) is 0. The Morgan fingerprint density at radius 2 is 0.727 bits per heavy atom. The molecule has 3 aliphatic rings. The van der Waals surface area contributed by atoms with Gasteiger partial charge in [0.25, 0.3) is 0 Å². The van der Waals surface area contributed by atoms with Crippen molar-refractivity contribution >= 4 is 27.0 Å². The summed E-state index contributed by atoms with van der Waals surface area (Å²) in [6.45, 7) is 0. The molecule has 0 amide bonds. The number of halogens is 2. The van der Waals surface area contributed by atoms with E-state index in [4.69, 9.17) is 19.1 Å². The van der Waals surface area contributed by atoms with Gasteiger partial charge in [0.2, 0.25) is 0 Å². The van der Waals surface area contributed by atoms with Crippen LogP contribution in [0.15, 0.2) is 0 Å². The molecule has 0 radical (unpaired) electrons. The molecule has 0 spiro atoms. The van der Waals surface area contributed by atoms with Crippen LogP contribution in [0.4, 0.5) is 0 Å². The van der Waals surface area contributed by atoms with Crippen molar-refractivity contribution in [2.75, 3.05) is 0 Å². The van der Waals surface area contributed by atoms with Gasteiger partial charge in [-0.1, -0.05) is 65.7 Å². The Morgan fingerprint density at radius 3 is 0.955 bits per heavy atom. The molecule has 0 bridgehead atoms. The van der Waals surface area contributed by atoms with E-state index in [0.717, 1.165) is 0 Å². The van der Waals surface area contributed by atoms with Gasteiger partial charge in [0, 0.05) is 0 Å². The molecule has 134 valence electrons. The van der Waals surface area contributed by atoms with Crippen molar-refractivity contribution < 1.29 is 15.9 Å². The summed E-state index contributed by atoms with van der Waals surface area (Å²) in [7, 11) is 10.0. The summed E-state index contributed by atoms with van der Waals surface area (Å²) < 4.78 is 0. The third-order valence-electron chi connectivity index (χ3n) is 5.99. The van der Waals surface area contributed by atoms with Gasteiger partial charge in [-0.2, -0.15) is 0 Å². The molecule has 0 heterocycles. The van der Waals surface area contributed by atoms with E-state index < -0.39 is 0 Å². The molecule has 0 atom stereocenters. The number of rotatable bonds is 3. The van der Waals surface area contributed by atoms with Crippen LogP contribution in [0.3, 0.4) is 0 Å². The fourth-order valence-electron chi connectivity index (χ4n) is 5.03. The van der Waals surface area contributed by atoms with Crippen molar-refractivity contribution in [2.45, 2.75) is 113 Å². The molecule has 0 aromatic carbocycles. The van der Waals surface area contributed by atoms with E-state index in [1.807, 2.05) is 0 Å². The summed E-state index contributed by atoms with van der Waals surface area (Å²) in [5.41, 5.74) is 3.57. The molecule has 4 heteroatoms. The molecule has 3 saturated carbocycles. The van der Waals surface area contributed by atoms with E-state index in [0.29, 0.717) is 7.92 Å². The Balaban J connectivity index is 0.000000545. The molecule has 0 aliphatic heterocycles. The second kappa shape index (κ2) is 12.1. The van der Waals surface area contributed by atoms with Crippen molar-refractivity contribution in [3.63, 3.8) is 0 Å². The third kappa shape index (κ3) is 6.53. The van der Waals surface area contributed by atoms with Gasteiger partial charge in [0.1, 0.15) is 0 Å². The van der Waals surface area contributed by atoms with Gasteiger partial charge >= 0.3 is 35.0 Å². The van der Waals surface area contributed by atoms with Gasteiger partial charge in [-0.15, -0.1) is 0 Å². The van der Waals surface area contributed by atoms with Crippen LogP contribution in [-0.4, -0.2) is 17.0 Å². The van der Waals surface area contributed by atoms with Gasteiger partial charge in [-0.3, -0.25) is 0 Å². The van der Waals surface area contributed by atoms with Crippen molar-refractivity contribution in [2.24, 2.45) is 0 Å². The minimum atomic E-state index is -0.106. The molecule has 0 nitrogen and oxygen atoms in total. The average molecular weight is 458 g/mol. The summed E-state index contributed by atoms with van der Waals surface area (Å²) in [6.07, 6.45) is 23.6. The molecule has 3 fully saturated rings. The van der Waals surface area contributed by atoms with E-state index in [-0.39, 0.29) is 15.9 Å². The third-order valence-corrected chi connectivity index (χ3v) is 10.1. The quantitative estimate of drug-likeness (QED) is 0.299. The summed E-state index contributed by atoms with van der Waals surface area (Å²) in [5.74, 6) is 0. The Labute approximate surface area is 155 Å². The Hall–Kier alpha value is 1.67. The van der Waals surface area contributed by atoms with Crippen molar-refractivity contribution in [1.29, 1.82) is 0 Å². The SMILES string of the molecule is C1CCC(P(C2CCCCC2)C2CCCCC2)CC1.[Cl][Pd][Cl]. The van der Waals surface area contributed by atoms with E-state index in [1.54, 1.807) is 77.0 Å². The molecule has 0 aromatic heterocycles. The topological polar surface area (TPSA) is 0 Å².